The van der Waals surface area contributed by atoms with E-state index in [0.29, 0.717) is 0 Å². The predicted molar refractivity (Wildman–Crippen MR) is 140 cm³/mol. The lowest BCUT2D eigenvalue weighted by atomic mass is 9.77. The fraction of sp³-hybridized carbons (Fsp3) is 0.690. The van der Waals surface area contributed by atoms with Crippen LogP contribution in [0.4, 0.5) is 18.0 Å². The van der Waals surface area contributed by atoms with Crippen LogP contribution in [0.2, 0.25) is 0 Å². The number of carbonyl (C=O) groups excluding carboxylic acids is 1. The highest BCUT2D eigenvalue weighted by Gasteiger charge is 2.40. The molecule has 1 aromatic rings. The minimum Gasteiger partial charge on any atom is -0.443 e. The molecule has 1 aliphatic heterocycles. The van der Waals surface area contributed by atoms with Crippen LogP contribution >= 0.6 is 0 Å². The Labute approximate surface area is 215 Å². The third-order valence-electron chi connectivity index (χ3n) is 7.12. The average molecular weight is 511 g/mol. The van der Waals surface area contributed by atoms with Gasteiger partial charge in [-0.15, -0.1) is 0 Å². The maximum absolute atomic E-state index is 13.0. The molecule has 1 saturated heterocycles. The van der Waals surface area contributed by atoms with Crippen molar-refractivity contribution >= 4 is 6.09 Å². The molecule has 36 heavy (non-hydrogen) atoms. The van der Waals surface area contributed by atoms with E-state index in [-0.39, 0.29) is 23.6 Å². The number of piperidine rings is 1. The molecule has 0 spiro atoms. The Hall–Kier alpha value is -2.02. The van der Waals surface area contributed by atoms with Gasteiger partial charge in [-0.25, -0.2) is 4.79 Å². The number of carbonyl (C=O) groups is 1. The molecule has 1 atom stereocenters. The number of rotatable bonds is 10. The minimum absolute atomic E-state index is 0.0234. The van der Waals surface area contributed by atoms with Crippen LogP contribution in [0.25, 0.3) is 0 Å². The van der Waals surface area contributed by atoms with E-state index >= 15 is 0 Å². The third-order valence-corrected chi connectivity index (χ3v) is 7.12. The molecular weight excluding hydrogens is 465 g/mol. The highest BCUT2D eigenvalue weighted by molar-refractivity contribution is 5.68. The minimum atomic E-state index is -4.33. The number of likely N-dealkylation sites (tertiary alicyclic amines) is 1. The molecule has 0 saturated carbocycles. The van der Waals surface area contributed by atoms with Crippen LogP contribution in [0.3, 0.4) is 0 Å². The zero-order valence-corrected chi connectivity index (χ0v) is 23.1. The molecule has 0 aromatic heterocycles. The summed E-state index contributed by atoms with van der Waals surface area (Å²) < 4.78 is 45.2. The van der Waals surface area contributed by atoms with E-state index in [2.05, 4.69) is 50.9 Å². The Balaban J connectivity index is 2.17. The second-order valence-electron chi connectivity index (χ2n) is 11.5. The zero-order chi connectivity index (χ0) is 27.1. The number of nitrogens with one attached hydrogen (secondary N) is 1. The van der Waals surface area contributed by atoms with Gasteiger partial charge in [0.2, 0.25) is 0 Å². The first-order chi connectivity index (χ1) is 16.7. The molecule has 1 aromatic carbocycles. The van der Waals surface area contributed by atoms with E-state index in [0.717, 1.165) is 57.2 Å². The van der Waals surface area contributed by atoms with Gasteiger partial charge >= 0.3 is 12.3 Å². The Morgan fingerprint density at radius 2 is 1.67 bits per heavy atom. The number of allylic oxidation sites excluding steroid dienone is 1. The third kappa shape index (κ3) is 8.82. The summed E-state index contributed by atoms with van der Waals surface area (Å²) in [7, 11) is 0. The van der Waals surface area contributed by atoms with Crippen LogP contribution in [0.5, 0.6) is 0 Å². The van der Waals surface area contributed by atoms with Crippen molar-refractivity contribution in [3.8, 4) is 0 Å². The second kappa shape index (κ2) is 12.5. The van der Waals surface area contributed by atoms with Crippen molar-refractivity contribution in [2.45, 2.75) is 116 Å². The van der Waals surface area contributed by atoms with Gasteiger partial charge in [-0.1, -0.05) is 51.0 Å². The number of hydrogen-bond acceptors (Lipinski definition) is 3. The van der Waals surface area contributed by atoms with Crippen LogP contribution in [-0.4, -0.2) is 41.8 Å². The Kier molecular flexibility index (Phi) is 10.5. The molecule has 1 heterocycles. The van der Waals surface area contributed by atoms with Crippen molar-refractivity contribution < 1.29 is 22.7 Å². The highest BCUT2D eigenvalue weighted by Crippen LogP contribution is 2.37. The van der Waals surface area contributed by atoms with E-state index in [1.807, 2.05) is 13.8 Å². The summed E-state index contributed by atoms with van der Waals surface area (Å²) in [6.07, 6.45) is 2.80. The monoisotopic (exact) mass is 510 g/mol. The van der Waals surface area contributed by atoms with Crippen LogP contribution < -0.4 is 5.32 Å². The summed E-state index contributed by atoms with van der Waals surface area (Å²) in [4.78, 5) is 14.9. The van der Waals surface area contributed by atoms with E-state index in [1.165, 1.54) is 17.7 Å². The normalized spacial score (nSPS) is 17.5. The Morgan fingerprint density at radius 1 is 1.11 bits per heavy atom. The van der Waals surface area contributed by atoms with Gasteiger partial charge in [0.1, 0.15) is 5.60 Å². The van der Waals surface area contributed by atoms with Gasteiger partial charge in [0.25, 0.3) is 0 Å². The summed E-state index contributed by atoms with van der Waals surface area (Å²) in [5.74, 6) is 0. The van der Waals surface area contributed by atoms with Crippen LogP contribution in [-0.2, 0) is 16.3 Å². The molecule has 2 rings (SSSR count). The number of ether oxygens (including phenoxy) is 1. The van der Waals surface area contributed by atoms with E-state index in [4.69, 9.17) is 4.74 Å². The maximum Gasteiger partial charge on any atom is 0.416 e. The lowest BCUT2D eigenvalue weighted by Gasteiger charge is -2.45. The standard InChI is InChI=1S/C29H45F3N2O2/c1-8-9-14-28(36-26(35)33-22(4)5)15-17-34(18-16-28)25(19-21(2)3)20-27(6,7)23-10-12-24(13-11-23)29(30,31)32/h10-13,19,22,25H,8-9,14-18,20H2,1-7H3,(H,33,35). The van der Waals surface area contributed by atoms with Crippen molar-refractivity contribution in [1.82, 2.24) is 10.2 Å². The second-order valence-corrected chi connectivity index (χ2v) is 11.5. The summed E-state index contributed by atoms with van der Waals surface area (Å²) in [6, 6.07) is 5.73. The predicted octanol–water partition coefficient (Wildman–Crippen LogP) is 7.87. The van der Waals surface area contributed by atoms with Crippen LogP contribution in [0.1, 0.15) is 98.1 Å². The van der Waals surface area contributed by atoms with Crippen LogP contribution in [0.15, 0.2) is 35.9 Å². The van der Waals surface area contributed by atoms with Crippen molar-refractivity contribution in [3.63, 3.8) is 0 Å². The molecule has 7 heteroatoms. The van der Waals surface area contributed by atoms with Gasteiger partial charge in [0.05, 0.1) is 5.56 Å². The smallest absolute Gasteiger partial charge is 0.416 e. The number of nitrogens with zero attached hydrogens (tertiary/aromatic N) is 1. The fourth-order valence-corrected chi connectivity index (χ4v) is 5.06. The molecule has 1 N–H and O–H groups in total. The lowest BCUT2D eigenvalue weighted by Crippen LogP contribution is -2.52. The summed E-state index contributed by atoms with van der Waals surface area (Å²) in [5, 5.41) is 2.86. The van der Waals surface area contributed by atoms with Gasteiger partial charge < -0.3 is 10.1 Å². The topological polar surface area (TPSA) is 41.6 Å². The molecule has 1 amide bonds. The van der Waals surface area contributed by atoms with Crippen molar-refractivity contribution in [1.29, 1.82) is 0 Å². The fourth-order valence-electron chi connectivity index (χ4n) is 5.06. The number of unbranched alkanes of at least 4 members (excludes halogenated alkanes) is 1. The number of alkyl halides is 3. The molecule has 4 nitrogen and oxygen atoms in total. The number of hydrogen-bond donors (Lipinski definition) is 1. The average Bonchev–Trinajstić information content (AvgIpc) is 2.76. The van der Waals surface area contributed by atoms with Crippen LogP contribution in [0, 0.1) is 0 Å². The van der Waals surface area contributed by atoms with Crippen molar-refractivity contribution in [2.75, 3.05) is 13.1 Å². The molecule has 1 fully saturated rings. The SMILES string of the molecule is CCCCC1(OC(=O)NC(C)C)CCN(C(C=C(C)C)CC(C)(C)c2ccc(C(F)(F)F)cc2)CC1. The maximum atomic E-state index is 13.0. The quantitative estimate of drug-likeness (QED) is 0.326. The molecule has 0 aliphatic carbocycles. The molecule has 0 radical (unpaired) electrons. The highest BCUT2D eigenvalue weighted by atomic mass is 19.4. The molecule has 1 aliphatic rings. The van der Waals surface area contributed by atoms with E-state index in [1.54, 1.807) is 12.1 Å². The largest absolute Gasteiger partial charge is 0.443 e. The Bertz CT molecular complexity index is 864. The van der Waals surface area contributed by atoms with Gasteiger partial charge in [0, 0.05) is 38.0 Å². The molecule has 204 valence electrons. The number of alkyl carbamates (subject to hydrolysis) is 1. The summed E-state index contributed by atoms with van der Waals surface area (Å²) >= 11 is 0. The first-order valence-electron chi connectivity index (χ1n) is 13.2. The lowest BCUT2D eigenvalue weighted by molar-refractivity contribution is -0.137. The van der Waals surface area contributed by atoms with Gasteiger partial charge in [-0.3, -0.25) is 4.90 Å². The first kappa shape index (κ1) is 30.2. The van der Waals surface area contributed by atoms with Gasteiger partial charge in [-0.05, 0) is 70.1 Å². The Morgan fingerprint density at radius 3 is 2.14 bits per heavy atom. The first-order valence-corrected chi connectivity index (χ1v) is 13.2. The molecule has 0 bridgehead atoms. The number of amides is 1. The van der Waals surface area contributed by atoms with Crippen molar-refractivity contribution in [3.05, 3.63) is 47.0 Å². The van der Waals surface area contributed by atoms with Gasteiger partial charge in [0.15, 0.2) is 0 Å². The summed E-state index contributed by atoms with van der Waals surface area (Å²) in [5.41, 5.74) is 0.711. The van der Waals surface area contributed by atoms with Gasteiger partial charge in [-0.2, -0.15) is 13.2 Å². The molecule has 1 unspecified atom stereocenters. The summed E-state index contributed by atoms with van der Waals surface area (Å²) in [6.45, 7) is 15.9. The van der Waals surface area contributed by atoms with E-state index < -0.39 is 17.3 Å². The zero-order valence-electron chi connectivity index (χ0n) is 23.1. The number of halogens is 3. The van der Waals surface area contributed by atoms with Crippen molar-refractivity contribution in [2.24, 2.45) is 0 Å². The number of benzene rings is 1. The molecular formula is C29H45F3N2O2. The van der Waals surface area contributed by atoms with E-state index in [9.17, 15) is 18.0 Å².